The van der Waals surface area contributed by atoms with Crippen molar-refractivity contribution in [1.29, 1.82) is 5.26 Å². The quantitative estimate of drug-likeness (QED) is 0.724. The molecule has 0 saturated carbocycles. The molecule has 1 saturated heterocycles. The van der Waals surface area contributed by atoms with Crippen LogP contribution in [0.25, 0.3) is 11.0 Å². The van der Waals surface area contributed by atoms with Crippen molar-refractivity contribution in [2.24, 2.45) is 0 Å². The van der Waals surface area contributed by atoms with Crippen LogP contribution in [0.4, 0.5) is 5.82 Å². The Bertz CT molecular complexity index is 968. The van der Waals surface area contributed by atoms with Crippen molar-refractivity contribution in [2.45, 2.75) is 38.6 Å². The molecule has 6 nitrogen and oxygen atoms in total. The first-order chi connectivity index (χ1) is 12.7. The van der Waals surface area contributed by atoms with Gasteiger partial charge in [0.1, 0.15) is 29.7 Å². The second-order valence-electron chi connectivity index (χ2n) is 7.08. The molecular formula is C20H22N6. The molecule has 1 fully saturated rings. The number of rotatable bonds is 3. The molecule has 132 valence electrons. The molecule has 6 heteroatoms. The molecule has 0 aliphatic carbocycles. The summed E-state index contributed by atoms with van der Waals surface area (Å²) in [4.78, 5) is 15.6. The Morgan fingerprint density at radius 3 is 2.88 bits per heavy atom. The van der Waals surface area contributed by atoms with E-state index < -0.39 is 0 Å². The largest absolute Gasteiger partial charge is 0.356 e. The zero-order chi connectivity index (χ0) is 18.1. The summed E-state index contributed by atoms with van der Waals surface area (Å²) in [6, 6.07) is 12.6. The van der Waals surface area contributed by atoms with Gasteiger partial charge in [-0.2, -0.15) is 5.26 Å². The maximum Gasteiger partial charge on any atom is 0.145 e. The fraction of sp³-hybridized carbons (Fsp3) is 0.400. The van der Waals surface area contributed by atoms with Crippen molar-refractivity contribution < 1.29 is 0 Å². The molecule has 0 bridgehead atoms. The highest BCUT2D eigenvalue weighted by atomic mass is 15.2. The summed E-state index contributed by atoms with van der Waals surface area (Å²) >= 11 is 0. The maximum absolute atomic E-state index is 9.10. The third kappa shape index (κ3) is 2.90. The fourth-order valence-electron chi connectivity index (χ4n) is 3.87. The van der Waals surface area contributed by atoms with Crippen molar-refractivity contribution in [3.8, 4) is 6.07 Å². The molecule has 0 radical (unpaired) electrons. The summed E-state index contributed by atoms with van der Waals surface area (Å²) in [5, 5.41) is 9.10. The summed E-state index contributed by atoms with van der Waals surface area (Å²) < 4.78 is 2.37. The van der Waals surface area contributed by atoms with Gasteiger partial charge in [0, 0.05) is 31.1 Å². The summed E-state index contributed by atoms with van der Waals surface area (Å²) in [7, 11) is 0. The van der Waals surface area contributed by atoms with Gasteiger partial charge in [-0.15, -0.1) is 0 Å². The molecule has 1 aliphatic heterocycles. The molecule has 4 rings (SSSR count). The number of nitrogens with zero attached hydrogens (tertiary/aromatic N) is 6. The molecule has 1 atom stereocenters. The van der Waals surface area contributed by atoms with Crippen molar-refractivity contribution in [1.82, 2.24) is 19.5 Å². The number of aromatic nitrogens is 4. The topological polar surface area (TPSA) is 70.6 Å². The van der Waals surface area contributed by atoms with Crippen LogP contribution in [0.5, 0.6) is 0 Å². The van der Waals surface area contributed by atoms with Crippen LogP contribution in [0.2, 0.25) is 0 Å². The third-order valence-corrected chi connectivity index (χ3v) is 5.02. The van der Waals surface area contributed by atoms with E-state index >= 15 is 0 Å². The Labute approximate surface area is 153 Å². The number of nitriles is 1. The van der Waals surface area contributed by atoms with Crippen LogP contribution < -0.4 is 4.90 Å². The summed E-state index contributed by atoms with van der Waals surface area (Å²) in [5.41, 5.74) is 2.66. The molecular weight excluding hydrogens is 324 g/mol. The van der Waals surface area contributed by atoms with E-state index in [1.54, 1.807) is 6.07 Å². The molecule has 0 N–H and O–H groups in total. The smallest absolute Gasteiger partial charge is 0.145 e. The van der Waals surface area contributed by atoms with Crippen molar-refractivity contribution in [3.63, 3.8) is 0 Å². The highest BCUT2D eigenvalue weighted by Crippen LogP contribution is 2.32. The molecule has 0 spiro atoms. The third-order valence-electron chi connectivity index (χ3n) is 5.02. The van der Waals surface area contributed by atoms with Gasteiger partial charge in [0.2, 0.25) is 0 Å². The Morgan fingerprint density at radius 2 is 2.08 bits per heavy atom. The number of piperidine rings is 1. The molecule has 26 heavy (non-hydrogen) atoms. The van der Waals surface area contributed by atoms with Crippen LogP contribution in [0.3, 0.4) is 0 Å². The van der Waals surface area contributed by atoms with Crippen LogP contribution in [0.15, 0.2) is 36.7 Å². The van der Waals surface area contributed by atoms with E-state index in [1.165, 1.54) is 11.8 Å². The highest BCUT2D eigenvalue weighted by Gasteiger charge is 2.27. The predicted molar refractivity (Wildman–Crippen MR) is 101 cm³/mol. The van der Waals surface area contributed by atoms with Gasteiger partial charge in [-0.1, -0.05) is 12.1 Å². The summed E-state index contributed by atoms with van der Waals surface area (Å²) in [5.74, 6) is 2.33. The zero-order valence-electron chi connectivity index (χ0n) is 15.1. The van der Waals surface area contributed by atoms with E-state index in [2.05, 4.69) is 57.6 Å². The number of fused-ring (bicyclic) bond motifs is 1. The average molecular weight is 346 g/mol. The Hall–Kier alpha value is -2.94. The molecule has 1 aromatic carbocycles. The number of anilines is 1. The summed E-state index contributed by atoms with van der Waals surface area (Å²) in [6.07, 6.45) is 3.67. The van der Waals surface area contributed by atoms with E-state index in [4.69, 9.17) is 10.2 Å². The van der Waals surface area contributed by atoms with Gasteiger partial charge in [0.15, 0.2) is 0 Å². The van der Waals surface area contributed by atoms with Crippen LogP contribution in [0, 0.1) is 11.3 Å². The van der Waals surface area contributed by atoms with Gasteiger partial charge >= 0.3 is 0 Å². The Balaban J connectivity index is 1.69. The Morgan fingerprint density at radius 1 is 1.23 bits per heavy atom. The minimum Gasteiger partial charge on any atom is -0.356 e. The zero-order valence-corrected chi connectivity index (χ0v) is 15.1. The molecule has 2 aromatic heterocycles. The standard InChI is InChI=1S/C20H22N6/c1-14(2)26-18-8-4-3-7-17(18)24-20(26)15-6-5-9-25(12-15)19-10-16(11-21)22-13-23-19/h3-4,7-8,10,13-15H,5-6,9,12H2,1-2H3. The normalized spacial score (nSPS) is 17.6. The lowest BCUT2D eigenvalue weighted by atomic mass is 9.96. The van der Waals surface area contributed by atoms with Crippen molar-refractivity contribution >= 4 is 16.9 Å². The number of benzene rings is 1. The van der Waals surface area contributed by atoms with Crippen LogP contribution >= 0.6 is 0 Å². The first kappa shape index (κ1) is 16.5. The molecule has 1 unspecified atom stereocenters. The lowest BCUT2D eigenvalue weighted by molar-refractivity contribution is 0.458. The molecule has 3 heterocycles. The van der Waals surface area contributed by atoms with Crippen molar-refractivity contribution in [2.75, 3.05) is 18.0 Å². The number of hydrogen-bond donors (Lipinski definition) is 0. The monoisotopic (exact) mass is 346 g/mol. The average Bonchev–Trinajstić information content (AvgIpc) is 3.08. The SMILES string of the molecule is CC(C)n1c(C2CCCN(c3cc(C#N)ncn3)C2)nc2ccccc21. The van der Waals surface area contributed by atoms with E-state index in [-0.39, 0.29) is 0 Å². The lowest BCUT2D eigenvalue weighted by Gasteiger charge is -2.33. The van der Waals surface area contributed by atoms with E-state index in [9.17, 15) is 0 Å². The van der Waals surface area contributed by atoms with Gasteiger partial charge in [-0.25, -0.2) is 15.0 Å². The van der Waals surface area contributed by atoms with Gasteiger partial charge in [0.25, 0.3) is 0 Å². The predicted octanol–water partition coefficient (Wildman–Crippen LogP) is 3.66. The van der Waals surface area contributed by atoms with Gasteiger partial charge in [0.05, 0.1) is 11.0 Å². The van der Waals surface area contributed by atoms with Crippen molar-refractivity contribution in [3.05, 3.63) is 48.2 Å². The first-order valence-corrected chi connectivity index (χ1v) is 9.11. The second-order valence-corrected chi connectivity index (χ2v) is 7.08. The van der Waals surface area contributed by atoms with Crippen LogP contribution in [-0.2, 0) is 0 Å². The second kappa shape index (κ2) is 6.75. The molecule has 0 amide bonds. The molecule has 3 aromatic rings. The van der Waals surface area contributed by atoms with Gasteiger partial charge in [-0.05, 0) is 38.8 Å². The highest BCUT2D eigenvalue weighted by molar-refractivity contribution is 5.76. The van der Waals surface area contributed by atoms with E-state index in [0.29, 0.717) is 17.7 Å². The lowest BCUT2D eigenvalue weighted by Crippen LogP contribution is -2.36. The first-order valence-electron chi connectivity index (χ1n) is 9.11. The Kier molecular flexibility index (Phi) is 4.29. The van der Waals surface area contributed by atoms with E-state index in [0.717, 1.165) is 43.1 Å². The fourth-order valence-corrected chi connectivity index (χ4v) is 3.87. The maximum atomic E-state index is 9.10. The minimum absolute atomic E-state index is 0.346. The van der Waals surface area contributed by atoms with Gasteiger partial charge < -0.3 is 9.47 Å². The van der Waals surface area contributed by atoms with Gasteiger partial charge in [-0.3, -0.25) is 0 Å². The number of hydrogen-bond acceptors (Lipinski definition) is 5. The number of imidazole rings is 1. The minimum atomic E-state index is 0.346. The molecule has 1 aliphatic rings. The number of para-hydroxylation sites is 2. The van der Waals surface area contributed by atoms with E-state index in [1.807, 2.05) is 6.07 Å². The summed E-state index contributed by atoms with van der Waals surface area (Å²) in [6.45, 7) is 6.22. The van der Waals surface area contributed by atoms with Crippen LogP contribution in [0.1, 0.15) is 50.2 Å². The van der Waals surface area contributed by atoms with Crippen LogP contribution in [-0.4, -0.2) is 32.6 Å².